The molecular weight excluding hydrogens is 442 g/mol. The fourth-order valence-corrected chi connectivity index (χ4v) is 4.22. The van der Waals surface area contributed by atoms with Gasteiger partial charge in [-0.05, 0) is 54.8 Å². The van der Waals surface area contributed by atoms with Crippen molar-refractivity contribution in [2.24, 2.45) is 11.8 Å². The molecule has 0 radical (unpaired) electrons. The molecule has 1 fully saturated rings. The molecule has 1 aromatic carbocycles. The maximum Gasteiger partial charge on any atom is 0.269 e. The van der Waals surface area contributed by atoms with Gasteiger partial charge in [-0.3, -0.25) is 25.2 Å². The summed E-state index contributed by atoms with van der Waals surface area (Å²) in [5.74, 6) is 0.598. The van der Waals surface area contributed by atoms with Crippen LogP contribution < -0.4 is 20.3 Å². The van der Waals surface area contributed by atoms with E-state index in [1.807, 2.05) is 11.4 Å². The Bertz CT molecular complexity index is 953. The van der Waals surface area contributed by atoms with Crippen molar-refractivity contribution in [2.75, 3.05) is 26.8 Å². The summed E-state index contributed by atoms with van der Waals surface area (Å²) in [6.07, 6.45) is 2.02. The molecular formula is C24H31N3O5S. The Kier molecular flexibility index (Phi) is 8.71. The highest BCUT2D eigenvalue weighted by Crippen LogP contribution is 2.28. The Labute approximate surface area is 198 Å². The van der Waals surface area contributed by atoms with Crippen molar-refractivity contribution in [3.8, 4) is 11.5 Å². The second kappa shape index (κ2) is 11.7. The number of carbonyl (C=O) groups is 3. The number of likely N-dealkylation sites (tertiary alicyclic amines) is 1. The number of piperidine rings is 1. The molecule has 8 nitrogen and oxygen atoms in total. The molecule has 3 rings (SSSR count). The number of methoxy groups -OCH3 is 1. The topological polar surface area (TPSA) is 97.0 Å². The van der Waals surface area contributed by atoms with Gasteiger partial charge < -0.3 is 14.4 Å². The van der Waals surface area contributed by atoms with Crippen molar-refractivity contribution in [1.82, 2.24) is 15.8 Å². The Hall–Kier alpha value is -3.07. The zero-order valence-corrected chi connectivity index (χ0v) is 20.1. The number of thiophene rings is 1. The highest BCUT2D eigenvalue weighted by atomic mass is 32.1. The van der Waals surface area contributed by atoms with Gasteiger partial charge >= 0.3 is 0 Å². The van der Waals surface area contributed by atoms with Crippen molar-refractivity contribution in [1.29, 1.82) is 0 Å². The number of hydrogen-bond acceptors (Lipinski definition) is 6. The van der Waals surface area contributed by atoms with Gasteiger partial charge in [0.25, 0.3) is 11.8 Å². The van der Waals surface area contributed by atoms with Gasteiger partial charge in [0.05, 0.1) is 18.6 Å². The predicted molar refractivity (Wildman–Crippen MR) is 126 cm³/mol. The smallest absolute Gasteiger partial charge is 0.269 e. The van der Waals surface area contributed by atoms with Gasteiger partial charge in [-0.15, -0.1) is 11.3 Å². The zero-order chi connectivity index (χ0) is 23.8. The zero-order valence-electron chi connectivity index (χ0n) is 19.3. The van der Waals surface area contributed by atoms with Crippen LogP contribution in [0.15, 0.2) is 35.7 Å². The van der Waals surface area contributed by atoms with Crippen LogP contribution in [0.2, 0.25) is 0 Å². The standard InChI is InChI=1S/C24H31N3O5S/c1-16(2)10-13-32-19-7-6-18(15-20(19)31-3)23(29)26-25-22(28)17-8-11-27(12-9-17)24(30)21-5-4-14-33-21/h4-7,14-17H,8-13H2,1-3H3,(H,25,28)(H,26,29). The minimum absolute atomic E-state index is 0.00254. The lowest BCUT2D eigenvalue weighted by Gasteiger charge is -2.31. The molecule has 1 aliphatic heterocycles. The SMILES string of the molecule is COc1cc(C(=O)NNC(=O)C2CCN(C(=O)c3cccs3)CC2)ccc1OCCC(C)C. The average Bonchev–Trinajstić information content (AvgIpc) is 3.37. The molecule has 1 aromatic heterocycles. The monoisotopic (exact) mass is 473 g/mol. The minimum atomic E-state index is -0.444. The van der Waals surface area contributed by atoms with Crippen LogP contribution in [0.25, 0.3) is 0 Å². The maximum atomic E-state index is 12.5. The number of ether oxygens (including phenoxy) is 2. The van der Waals surface area contributed by atoms with Gasteiger partial charge in [-0.2, -0.15) is 0 Å². The molecule has 9 heteroatoms. The van der Waals surface area contributed by atoms with Crippen LogP contribution >= 0.6 is 11.3 Å². The second-order valence-corrected chi connectivity index (χ2v) is 9.33. The van der Waals surface area contributed by atoms with E-state index in [4.69, 9.17) is 9.47 Å². The summed E-state index contributed by atoms with van der Waals surface area (Å²) in [4.78, 5) is 39.9. The molecule has 0 bridgehead atoms. The van der Waals surface area contributed by atoms with E-state index in [0.29, 0.717) is 60.4 Å². The highest BCUT2D eigenvalue weighted by Gasteiger charge is 2.28. The van der Waals surface area contributed by atoms with Gasteiger partial charge in [-0.25, -0.2) is 0 Å². The summed E-state index contributed by atoms with van der Waals surface area (Å²) >= 11 is 1.41. The van der Waals surface area contributed by atoms with E-state index in [2.05, 4.69) is 24.7 Å². The molecule has 1 aliphatic rings. The summed E-state index contributed by atoms with van der Waals surface area (Å²) in [7, 11) is 1.52. The molecule has 0 unspecified atom stereocenters. The summed E-state index contributed by atoms with van der Waals surface area (Å²) in [5, 5.41) is 1.87. The third-order valence-electron chi connectivity index (χ3n) is 5.56. The van der Waals surface area contributed by atoms with Crippen LogP contribution in [-0.2, 0) is 4.79 Å². The molecule has 2 aromatic rings. The molecule has 0 atom stereocenters. The molecule has 178 valence electrons. The number of hydrazine groups is 1. The molecule has 33 heavy (non-hydrogen) atoms. The van der Waals surface area contributed by atoms with Gasteiger partial charge in [0.2, 0.25) is 5.91 Å². The number of nitrogens with one attached hydrogen (secondary N) is 2. The van der Waals surface area contributed by atoms with Crippen LogP contribution in [0.1, 0.15) is 53.1 Å². The van der Waals surface area contributed by atoms with Crippen LogP contribution in [0, 0.1) is 11.8 Å². The molecule has 2 N–H and O–H groups in total. The lowest BCUT2D eigenvalue weighted by Crippen LogP contribution is -2.48. The number of benzene rings is 1. The molecule has 0 aliphatic carbocycles. The van der Waals surface area contributed by atoms with Crippen LogP contribution in [0.4, 0.5) is 0 Å². The Balaban J connectivity index is 1.47. The lowest BCUT2D eigenvalue weighted by molar-refractivity contribution is -0.127. The average molecular weight is 474 g/mol. The minimum Gasteiger partial charge on any atom is -0.493 e. The van der Waals surface area contributed by atoms with E-state index in [9.17, 15) is 14.4 Å². The fraction of sp³-hybridized carbons (Fsp3) is 0.458. The van der Waals surface area contributed by atoms with E-state index in [-0.39, 0.29) is 17.7 Å². The van der Waals surface area contributed by atoms with E-state index >= 15 is 0 Å². The van der Waals surface area contributed by atoms with Crippen LogP contribution in [-0.4, -0.2) is 49.4 Å². The number of rotatable bonds is 8. The largest absolute Gasteiger partial charge is 0.493 e. The van der Waals surface area contributed by atoms with Gasteiger partial charge in [0.15, 0.2) is 11.5 Å². The maximum absolute atomic E-state index is 12.5. The molecule has 2 heterocycles. The third kappa shape index (κ3) is 6.71. The van der Waals surface area contributed by atoms with Gasteiger partial charge in [-0.1, -0.05) is 19.9 Å². The Morgan fingerprint density at radius 2 is 1.88 bits per heavy atom. The van der Waals surface area contributed by atoms with Crippen molar-refractivity contribution in [3.63, 3.8) is 0 Å². The molecule has 0 spiro atoms. The number of amides is 3. The summed E-state index contributed by atoms with van der Waals surface area (Å²) < 4.78 is 11.1. The normalized spacial score (nSPS) is 14.1. The first-order valence-electron chi connectivity index (χ1n) is 11.1. The van der Waals surface area contributed by atoms with Crippen molar-refractivity contribution >= 4 is 29.1 Å². The first kappa shape index (κ1) is 24.6. The molecule has 3 amide bonds. The number of carbonyl (C=O) groups excluding carboxylic acids is 3. The van der Waals surface area contributed by atoms with E-state index in [0.717, 1.165) is 6.42 Å². The first-order chi connectivity index (χ1) is 15.9. The first-order valence-corrected chi connectivity index (χ1v) is 12.0. The van der Waals surface area contributed by atoms with E-state index in [1.54, 1.807) is 29.2 Å². The quantitative estimate of drug-likeness (QED) is 0.572. The third-order valence-corrected chi connectivity index (χ3v) is 6.42. The predicted octanol–water partition coefficient (Wildman–Crippen LogP) is 3.50. The summed E-state index contributed by atoms with van der Waals surface area (Å²) in [6.45, 7) is 5.83. The molecule has 0 saturated carbocycles. The number of hydrogen-bond donors (Lipinski definition) is 2. The highest BCUT2D eigenvalue weighted by molar-refractivity contribution is 7.12. The van der Waals surface area contributed by atoms with Gasteiger partial charge in [0.1, 0.15) is 0 Å². The van der Waals surface area contributed by atoms with Crippen molar-refractivity contribution in [3.05, 3.63) is 46.2 Å². The van der Waals surface area contributed by atoms with E-state index in [1.165, 1.54) is 18.4 Å². The second-order valence-electron chi connectivity index (χ2n) is 8.38. The lowest BCUT2D eigenvalue weighted by atomic mass is 9.96. The molecule has 1 saturated heterocycles. The van der Waals surface area contributed by atoms with Crippen molar-refractivity contribution < 1.29 is 23.9 Å². The summed E-state index contributed by atoms with van der Waals surface area (Å²) in [5.41, 5.74) is 5.32. The van der Waals surface area contributed by atoms with E-state index < -0.39 is 5.91 Å². The fourth-order valence-electron chi connectivity index (χ4n) is 3.53. The Morgan fingerprint density at radius 1 is 1.12 bits per heavy atom. The van der Waals surface area contributed by atoms with Gasteiger partial charge in [0, 0.05) is 24.6 Å². The summed E-state index contributed by atoms with van der Waals surface area (Å²) in [6, 6.07) is 8.56. The van der Waals surface area contributed by atoms with Crippen LogP contribution in [0.3, 0.4) is 0 Å². The van der Waals surface area contributed by atoms with Crippen molar-refractivity contribution in [2.45, 2.75) is 33.1 Å². The Morgan fingerprint density at radius 3 is 2.52 bits per heavy atom. The number of nitrogens with zero attached hydrogens (tertiary/aromatic N) is 1. The van der Waals surface area contributed by atoms with Crippen LogP contribution in [0.5, 0.6) is 11.5 Å².